The fourth-order valence-electron chi connectivity index (χ4n) is 0.600. The van der Waals surface area contributed by atoms with E-state index in [1.165, 1.54) is 0 Å². The van der Waals surface area contributed by atoms with E-state index in [2.05, 4.69) is 0 Å². The van der Waals surface area contributed by atoms with Crippen molar-refractivity contribution in [3.8, 4) is 0 Å². The smallest absolute Gasteiger partial charge is 0.136 e. The molecular weight excluding hydrogens is 102 g/mol. The number of rotatable bonds is 3. The van der Waals surface area contributed by atoms with E-state index in [4.69, 9.17) is 5.73 Å². The van der Waals surface area contributed by atoms with Crippen molar-refractivity contribution in [2.45, 2.75) is 26.3 Å². The van der Waals surface area contributed by atoms with Gasteiger partial charge in [0.15, 0.2) is 0 Å². The Labute approximate surface area is 50.1 Å². The van der Waals surface area contributed by atoms with E-state index in [9.17, 15) is 4.79 Å². The number of hydrogen-bond donors (Lipinski definition) is 1. The van der Waals surface area contributed by atoms with Crippen LogP contribution in [0.4, 0.5) is 0 Å². The van der Waals surface area contributed by atoms with Gasteiger partial charge in [-0.3, -0.25) is 0 Å². The molecule has 2 heteroatoms. The van der Waals surface area contributed by atoms with Crippen LogP contribution in [0.25, 0.3) is 0 Å². The highest BCUT2D eigenvalue weighted by atomic mass is 16.1. The third-order valence-electron chi connectivity index (χ3n) is 0.918. The van der Waals surface area contributed by atoms with Crippen LogP contribution in [0.15, 0.2) is 0 Å². The molecule has 0 saturated carbocycles. The van der Waals surface area contributed by atoms with Gasteiger partial charge in [-0.25, -0.2) is 0 Å². The summed E-state index contributed by atoms with van der Waals surface area (Å²) in [6, 6.07) is -0.255. The molecule has 8 heavy (non-hydrogen) atoms. The van der Waals surface area contributed by atoms with Crippen molar-refractivity contribution in [3.63, 3.8) is 0 Å². The van der Waals surface area contributed by atoms with Crippen molar-refractivity contribution in [1.82, 2.24) is 0 Å². The van der Waals surface area contributed by atoms with Crippen LogP contribution in [0, 0.1) is 5.92 Å². The molecule has 1 atom stereocenters. The lowest BCUT2D eigenvalue weighted by Crippen LogP contribution is -2.23. The van der Waals surface area contributed by atoms with E-state index in [1.54, 1.807) is 0 Å². The van der Waals surface area contributed by atoms with E-state index in [0.717, 1.165) is 12.7 Å². The summed E-state index contributed by atoms with van der Waals surface area (Å²) in [6.07, 6.45) is 1.59. The van der Waals surface area contributed by atoms with Crippen LogP contribution in [-0.2, 0) is 4.79 Å². The molecule has 0 saturated heterocycles. The van der Waals surface area contributed by atoms with Crippen molar-refractivity contribution in [2.75, 3.05) is 0 Å². The lowest BCUT2D eigenvalue weighted by molar-refractivity contribution is -0.109. The predicted octanol–water partition coefficient (Wildman–Crippen LogP) is 0.559. The second-order valence-corrected chi connectivity index (χ2v) is 2.43. The zero-order chi connectivity index (χ0) is 6.57. The first-order chi connectivity index (χ1) is 3.66. The highest BCUT2D eigenvalue weighted by Crippen LogP contribution is 1.99. The second kappa shape index (κ2) is 3.61. The minimum absolute atomic E-state index is 0.255. The Bertz CT molecular complexity index is 70.9. The predicted molar refractivity (Wildman–Crippen MR) is 33.5 cm³/mol. The Kier molecular flexibility index (Phi) is 3.44. The monoisotopic (exact) mass is 115 g/mol. The van der Waals surface area contributed by atoms with Crippen molar-refractivity contribution in [1.29, 1.82) is 0 Å². The largest absolute Gasteiger partial charge is 0.322 e. The Morgan fingerprint density at radius 3 is 2.25 bits per heavy atom. The van der Waals surface area contributed by atoms with Crippen molar-refractivity contribution < 1.29 is 4.79 Å². The molecule has 0 spiro atoms. The fourth-order valence-corrected chi connectivity index (χ4v) is 0.600. The molecule has 0 rings (SSSR count). The quantitative estimate of drug-likeness (QED) is 0.546. The van der Waals surface area contributed by atoms with Gasteiger partial charge in [0.25, 0.3) is 0 Å². The number of carbonyl (C=O) groups excluding carboxylic acids is 1. The zero-order valence-corrected chi connectivity index (χ0v) is 5.42. The van der Waals surface area contributed by atoms with E-state index >= 15 is 0 Å². The van der Waals surface area contributed by atoms with Crippen molar-refractivity contribution in [2.24, 2.45) is 11.7 Å². The molecule has 0 aromatic rings. The molecule has 0 aromatic heterocycles. The van der Waals surface area contributed by atoms with Gasteiger partial charge in [-0.2, -0.15) is 0 Å². The SMILES string of the molecule is CC(C)C[C@@H](N)C=O. The maximum Gasteiger partial charge on any atom is 0.136 e. The molecule has 0 amide bonds. The highest BCUT2D eigenvalue weighted by molar-refractivity contribution is 5.56. The average Bonchev–Trinajstić information content (AvgIpc) is 1.65. The summed E-state index contributed by atoms with van der Waals surface area (Å²) in [5.41, 5.74) is 5.31. The van der Waals surface area contributed by atoms with Gasteiger partial charge in [0.05, 0.1) is 6.04 Å². The van der Waals surface area contributed by atoms with Gasteiger partial charge in [0.2, 0.25) is 0 Å². The normalized spacial score (nSPS) is 14.0. The average molecular weight is 115 g/mol. The molecule has 0 unspecified atom stereocenters. The molecule has 0 aliphatic rings. The molecule has 0 bridgehead atoms. The summed E-state index contributed by atoms with van der Waals surface area (Å²) in [7, 11) is 0. The number of nitrogens with two attached hydrogens (primary N) is 1. The number of carbonyl (C=O) groups is 1. The molecule has 0 aliphatic heterocycles. The van der Waals surface area contributed by atoms with E-state index < -0.39 is 0 Å². The van der Waals surface area contributed by atoms with E-state index in [1.807, 2.05) is 13.8 Å². The third-order valence-corrected chi connectivity index (χ3v) is 0.918. The van der Waals surface area contributed by atoms with Gasteiger partial charge in [-0.15, -0.1) is 0 Å². The van der Waals surface area contributed by atoms with E-state index in [0.29, 0.717) is 5.92 Å². The summed E-state index contributed by atoms with van der Waals surface area (Å²) in [4.78, 5) is 9.92. The van der Waals surface area contributed by atoms with Crippen LogP contribution in [-0.4, -0.2) is 12.3 Å². The maximum absolute atomic E-state index is 9.92. The van der Waals surface area contributed by atoms with Gasteiger partial charge < -0.3 is 10.5 Å². The van der Waals surface area contributed by atoms with Crippen LogP contribution in [0.1, 0.15) is 20.3 Å². The topological polar surface area (TPSA) is 43.1 Å². The van der Waals surface area contributed by atoms with Crippen LogP contribution in [0.3, 0.4) is 0 Å². The third kappa shape index (κ3) is 3.81. The molecule has 0 heterocycles. The summed E-state index contributed by atoms with van der Waals surface area (Å²) in [5, 5.41) is 0. The Hall–Kier alpha value is -0.370. The molecular formula is C6H13NO. The summed E-state index contributed by atoms with van der Waals surface area (Å²) < 4.78 is 0. The van der Waals surface area contributed by atoms with Crippen molar-refractivity contribution in [3.05, 3.63) is 0 Å². The summed E-state index contributed by atoms with van der Waals surface area (Å²) in [6.45, 7) is 4.09. The standard InChI is InChI=1S/C6H13NO/c1-5(2)3-6(7)4-8/h4-6H,3,7H2,1-2H3/t6-/m1/s1. The molecule has 2 nitrogen and oxygen atoms in total. The van der Waals surface area contributed by atoms with Gasteiger partial charge in [0.1, 0.15) is 6.29 Å². The molecule has 0 fully saturated rings. The second-order valence-electron chi connectivity index (χ2n) is 2.43. The zero-order valence-electron chi connectivity index (χ0n) is 5.42. The maximum atomic E-state index is 9.92. The number of hydrogen-bond acceptors (Lipinski definition) is 2. The minimum Gasteiger partial charge on any atom is -0.322 e. The van der Waals surface area contributed by atoms with Gasteiger partial charge in [0, 0.05) is 0 Å². The van der Waals surface area contributed by atoms with Crippen LogP contribution in [0.2, 0.25) is 0 Å². The first-order valence-electron chi connectivity index (χ1n) is 2.87. The molecule has 0 aliphatic carbocycles. The lowest BCUT2D eigenvalue weighted by atomic mass is 10.1. The van der Waals surface area contributed by atoms with Gasteiger partial charge in [-0.1, -0.05) is 13.8 Å². The number of aldehydes is 1. The van der Waals surface area contributed by atoms with Crippen LogP contribution in [0.5, 0.6) is 0 Å². The van der Waals surface area contributed by atoms with Gasteiger partial charge >= 0.3 is 0 Å². The Balaban J connectivity index is 3.23. The summed E-state index contributed by atoms with van der Waals surface area (Å²) in [5.74, 6) is 0.523. The first kappa shape index (κ1) is 7.63. The Morgan fingerprint density at radius 2 is 2.12 bits per heavy atom. The van der Waals surface area contributed by atoms with E-state index in [-0.39, 0.29) is 6.04 Å². The highest BCUT2D eigenvalue weighted by Gasteiger charge is 2.01. The molecule has 0 radical (unpaired) electrons. The Morgan fingerprint density at radius 1 is 1.62 bits per heavy atom. The van der Waals surface area contributed by atoms with Crippen LogP contribution >= 0.6 is 0 Å². The minimum atomic E-state index is -0.255. The first-order valence-corrected chi connectivity index (χ1v) is 2.87. The molecule has 0 aromatic carbocycles. The van der Waals surface area contributed by atoms with Crippen molar-refractivity contribution >= 4 is 6.29 Å². The van der Waals surface area contributed by atoms with Crippen LogP contribution < -0.4 is 5.73 Å². The lowest BCUT2D eigenvalue weighted by Gasteiger charge is -2.04. The fraction of sp³-hybridized carbons (Fsp3) is 0.833. The summed E-state index contributed by atoms with van der Waals surface area (Å²) >= 11 is 0. The van der Waals surface area contributed by atoms with Gasteiger partial charge in [-0.05, 0) is 12.3 Å². The molecule has 2 N–H and O–H groups in total. The molecule has 48 valence electrons.